The van der Waals surface area contributed by atoms with Crippen molar-refractivity contribution in [3.63, 3.8) is 0 Å². The molecule has 0 aliphatic heterocycles. The van der Waals surface area contributed by atoms with Crippen LogP contribution >= 0.6 is 0 Å². The van der Waals surface area contributed by atoms with Crippen molar-refractivity contribution in [2.24, 2.45) is 0 Å². The topological polar surface area (TPSA) is 55.4 Å². The highest BCUT2D eigenvalue weighted by molar-refractivity contribution is 7.90. The van der Waals surface area contributed by atoms with Crippen molar-refractivity contribution in [2.45, 2.75) is 26.3 Å². The molecule has 0 heterocycles. The summed E-state index contributed by atoms with van der Waals surface area (Å²) in [6, 6.07) is 8.25. The third-order valence-corrected chi connectivity index (χ3v) is 3.65. The summed E-state index contributed by atoms with van der Waals surface area (Å²) in [6.45, 7) is 5.41. The van der Waals surface area contributed by atoms with Crippen molar-refractivity contribution >= 4 is 9.84 Å². The van der Waals surface area contributed by atoms with Gasteiger partial charge in [-0.05, 0) is 37.6 Å². The third-order valence-electron chi connectivity index (χ3n) is 2.74. The molecule has 0 aliphatic rings. The molecule has 0 saturated carbocycles. The van der Waals surface area contributed by atoms with Crippen LogP contribution in [0.15, 0.2) is 24.3 Å². The fraction of sp³-hybridized carbons (Fsp3) is 0.571. The number of hydrogen-bond acceptors (Lipinski definition) is 4. The predicted molar refractivity (Wildman–Crippen MR) is 78.5 cm³/mol. The molecule has 1 N–H and O–H groups in total. The quantitative estimate of drug-likeness (QED) is 0.789. The van der Waals surface area contributed by atoms with Gasteiger partial charge in [0.25, 0.3) is 0 Å². The van der Waals surface area contributed by atoms with E-state index >= 15 is 0 Å². The van der Waals surface area contributed by atoms with Gasteiger partial charge in [0.15, 0.2) is 9.84 Å². The van der Waals surface area contributed by atoms with Gasteiger partial charge >= 0.3 is 0 Å². The van der Waals surface area contributed by atoms with E-state index in [1.165, 1.54) is 11.8 Å². The Hall–Kier alpha value is -1.07. The number of likely N-dealkylation sites (N-methyl/N-ethyl adjacent to an activating group) is 1. The van der Waals surface area contributed by atoms with Crippen LogP contribution < -0.4 is 10.1 Å². The van der Waals surface area contributed by atoms with E-state index in [2.05, 4.69) is 19.2 Å². The summed E-state index contributed by atoms with van der Waals surface area (Å²) in [4.78, 5) is 0. The van der Waals surface area contributed by atoms with Crippen molar-refractivity contribution < 1.29 is 13.2 Å². The highest BCUT2D eigenvalue weighted by atomic mass is 32.2. The summed E-state index contributed by atoms with van der Waals surface area (Å²) in [5.74, 6) is 0.759. The van der Waals surface area contributed by atoms with Gasteiger partial charge in [0.1, 0.15) is 12.4 Å². The maximum Gasteiger partial charge on any atom is 0.150 e. The number of nitrogens with one attached hydrogen (secondary N) is 1. The van der Waals surface area contributed by atoms with Gasteiger partial charge < -0.3 is 10.1 Å². The maximum atomic E-state index is 11.0. The first-order chi connectivity index (χ1) is 8.90. The van der Waals surface area contributed by atoms with Crippen molar-refractivity contribution in [3.05, 3.63) is 29.8 Å². The third kappa shape index (κ3) is 7.18. The average molecular weight is 285 g/mol. The van der Waals surface area contributed by atoms with Crippen molar-refractivity contribution in [3.8, 4) is 5.75 Å². The van der Waals surface area contributed by atoms with Gasteiger partial charge in [0, 0.05) is 12.3 Å². The molecule has 0 aromatic heterocycles. The molecule has 1 aromatic carbocycles. The van der Waals surface area contributed by atoms with Crippen LogP contribution in [0, 0.1) is 0 Å². The highest BCUT2D eigenvalue weighted by Gasteiger charge is 2.04. The molecule has 0 saturated heterocycles. The van der Waals surface area contributed by atoms with Crippen LogP contribution in [0.3, 0.4) is 0 Å². The average Bonchev–Trinajstić information content (AvgIpc) is 2.30. The Morgan fingerprint density at radius 2 is 1.89 bits per heavy atom. The normalized spacial score (nSPS) is 13.2. The minimum absolute atomic E-state index is 0.0478. The van der Waals surface area contributed by atoms with Gasteiger partial charge in [-0.15, -0.1) is 0 Å². The van der Waals surface area contributed by atoms with Crippen LogP contribution in [0.2, 0.25) is 0 Å². The second-order valence-electron chi connectivity index (χ2n) is 4.79. The van der Waals surface area contributed by atoms with Gasteiger partial charge in [-0.1, -0.05) is 19.1 Å². The molecular weight excluding hydrogens is 262 g/mol. The van der Waals surface area contributed by atoms with Gasteiger partial charge in [0.05, 0.1) is 5.75 Å². The summed E-state index contributed by atoms with van der Waals surface area (Å²) in [6.07, 6.45) is 2.18. The first kappa shape index (κ1) is 16.0. The molecule has 4 nitrogen and oxygen atoms in total. The van der Waals surface area contributed by atoms with Crippen LogP contribution in [0.1, 0.15) is 19.4 Å². The van der Waals surface area contributed by atoms with E-state index in [0.717, 1.165) is 13.0 Å². The minimum atomic E-state index is -2.96. The minimum Gasteiger partial charge on any atom is -0.493 e. The lowest BCUT2D eigenvalue weighted by Crippen LogP contribution is -2.27. The highest BCUT2D eigenvalue weighted by Crippen LogP contribution is 2.13. The Morgan fingerprint density at radius 3 is 2.42 bits per heavy atom. The van der Waals surface area contributed by atoms with Crippen LogP contribution in [0.5, 0.6) is 5.75 Å². The van der Waals surface area contributed by atoms with E-state index in [1.54, 1.807) is 0 Å². The van der Waals surface area contributed by atoms with E-state index in [4.69, 9.17) is 4.74 Å². The van der Waals surface area contributed by atoms with Crippen molar-refractivity contribution in [2.75, 3.05) is 25.2 Å². The molecule has 0 amide bonds. The van der Waals surface area contributed by atoms with E-state index in [1.807, 2.05) is 24.3 Å². The van der Waals surface area contributed by atoms with E-state index in [0.29, 0.717) is 11.8 Å². The molecule has 1 aromatic rings. The lowest BCUT2D eigenvalue weighted by atomic mass is 10.1. The molecule has 0 radical (unpaired) electrons. The van der Waals surface area contributed by atoms with E-state index in [-0.39, 0.29) is 12.4 Å². The number of ether oxygens (including phenoxy) is 1. The molecule has 5 heteroatoms. The zero-order chi connectivity index (χ0) is 14.3. The largest absolute Gasteiger partial charge is 0.493 e. The van der Waals surface area contributed by atoms with Crippen LogP contribution in [0.25, 0.3) is 0 Å². The fourth-order valence-electron chi connectivity index (χ4n) is 1.81. The Balaban J connectivity index is 2.43. The molecule has 108 valence electrons. The molecule has 1 rings (SSSR count). The van der Waals surface area contributed by atoms with Crippen LogP contribution in [0.4, 0.5) is 0 Å². The summed E-state index contributed by atoms with van der Waals surface area (Å²) < 4.78 is 27.3. The summed E-state index contributed by atoms with van der Waals surface area (Å²) in [5, 5.41) is 3.36. The van der Waals surface area contributed by atoms with Crippen LogP contribution in [-0.2, 0) is 16.3 Å². The van der Waals surface area contributed by atoms with Crippen molar-refractivity contribution in [1.82, 2.24) is 5.32 Å². The monoisotopic (exact) mass is 285 g/mol. The maximum absolute atomic E-state index is 11.0. The zero-order valence-electron chi connectivity index (χ0n) is 11.8. The standard InChI is InChI=1S/C14H23NO3S/c1-4-15-12(2)11-13-5-7-14(8-6-13)18-9-10-19(3,16)17/h5-8,12,15H,4,9-11H2,1-3H3. The number of sulfone groups is 1. The summed E-state index contributed by atoms with van der Waals surface area (Å²) in [7, 11) is -2.96. The summed E-state index contributed by atoms with van der Waals surface area (Å²) in [5.41, 5.74) is 1.24. The second-order valence-corrected chi connectivity index (χ2v) is 7.04. The first-order valence-electron chi connectivity index (χ1n) is 6.53. The SMILES string of the molecule is CCNC(C)Cc1ccc(OCCS(C)(=O)=O)cc1. The van der Waals surface area contributed by atoms with Gasteiger partial charge in [0.2, 0.25) is 0 Å². The Labute approximate surface area is 116 Å². The summed E-state index contributed by atoms with van der Waals surface area (Å²) >= 11 is 0. The van der Waals surface area contributed by atoms with Gasteiger partial charge in [-0.2, -0.15) is 0 Å². The zero-order valence-corrected chi connectivity index (χ0v) is 12.7. The number of hydrogen-bond donors (Lipinski definition) is 1. The van der Waals surface area contributed by atoms with Gasteiger partial charge in [-0.25, -0.2) is 8.42 Å². The molecular formula is C14H23NO3S. The fourth-order valence-corrected chi connectivity index (χ4v) is 2.19. The molecule has 0 aliphatic carbocycles. The van der Waals surface area contributed by atoms with E-state index in [9.17, 15) is 8.42 Å². The van der Waals surface area contributed by atoms with Gasteiger partial charge in [-0.3, -0.25) is 0 Å². The Kier molecular flexibility index (Phi) is 6.31. The Morgan fingerprint density at radius 1 is 1.26 bits per heavy atom. The lowest BCUT2D eigenvalue weighted by Gasteiger charge is -2.12. The number of benzene rings is 1. The van der Waals surface area contributed by atoms with Crippen LogP contribution in [-0.4, -0.2) is 39.6 Å². The predicted octanol–water partition coefficient (Wildman–Crippen LogP) is 1.65. The second kappa shape index (κ2) is 7.50. The molecule has 0 fully saturated rings. The smallest absolute Gasteiger partial charge is 0.150 e. The molecule has 0 spiro atoms. The first-order valence-corrected chi connectivity index (χ1v) is 8.59. The lowest BCUT2D eigenvalue weighted by molar-refractivity contribution is 0.341. The molecule has 0 bridgehead atoms. The molecule has 1 unspecified atom stereocenters. The Bertz CT molecular complexity index is 468. The van der Waals surface area contributed by atoms with Crippen molar-refractivity contribution in [1.29, 1.82) is 0 Å². The number of rotatable bonds is 8. The van der Waals surface area contributed by atoms with E-state index < -0.39 is 9.84 Å². The molecule has 19 heavy (non-hydrogen) atoms. The molecule has 1 atom stereocenters.